The summed E-state index contributed by atoms with van der Waals surface area (Å²) in [4.78, 5) is 16.3. The van der Waals surface area contributed by atoms with Gasteiger partial charge in [-0.2, -0.15) is 0 Å². The number of ether oxygens (including phenoxy) is 1. The van der Waals surface area contributed by atoms with Crippen LogP contribution in [0.1, 0.15) is 15.9 Å². The molecule has 0 bridgehead atoms. The molecule has 158 valence electrons. The van der Waals surface area contributed by atoms with E-state index in [0.717, 1.165) is 22.9 Å². The Bertz CT molecular complexity index is 1140. The van der Waals surface area contributed by atoms with Gasteiger partial charge >= 0.3 is 0 Å². The zero-order valence-corrected chi connectivity index (χ0v) is 18.7. The number of carbonyl (C=O) groups excluding carboxylic acids is 1. The molecule has 0 aliphatic heterocycles. The maximum atomic E-state index is 12.0. The van der Waals surface area contributed by atoms with Crippen LogP contribution in [0.3, 0.4) is 0 Å². The number of allylic oxidation sites excluding steroid dienone is 2. The van der Waals surface area contributed by atoms with Crippen LogP contribution in [0.25, 0.3) is 11.1 Å². The molecular weight excluding hydrogens is 447 g/mol. The summed E-state index contributed by atoms with van der Waals surface area (Å²) in [7, 11) is -3.64. The first-order chi connectivity index (χ1) is 14.0. The van der Waals surface area contributed by atoms with E-state index in [-0.39, 0.29) is 18.1 Å². The minimum atomic E-state index is -3.64. The Labute approximate surface area is 185 Å². The van der Waals surface area contributed by atoms with Crippen molar-refractivity contribution in [2.24, 2.45) is 0 Å². The second-order valence-corrected chi connectivity index (χ2v) is 9.11. The largest absolute Gasteiger partial charge is 0.472 e. The van der Waals surface area contributed by atoms with E-state index in [2.05, 4.69) is 18.1 Å². The lowest BCUT2D eigenvalue weighted by Gasteiger charge is -2.11. The molecule has 1 aromatic heterocycles. The van der Waals surface area contributed by atoms with Gasteiger partial charge in [-0.05, 0) is 47.9 Å². The van der Waals surface area contributed by atoms with Crippen molar-refractivity contribution >= 4 is 39.1 Å². The molecule has 0 radical (unpaired) electrons. The molecule has 2 rings (SSSR count). The third-order valence-electron chi connectivity index (χ3n) is 3.78. The van der Waals surface area contributed by atoms with E-state index in [9.17, 15) is 13.2 Å². The fourth-order valence-corrected chi connectivity index (χ4v) is 3.19. The van der Waals surface area contributed by atoms with Gasteiger partial charge in [-0.15, -0.1) is 0 Å². The molecule has 0 unspecified atom stereocenters. The maximum absolute atomic E-state index is 12.0. The predicted octanol–water partition coefficient (Wildman–Crippen LogP) is 4.64. The van der Waals surface area contributed by atoms with Crippen molar-refractivity contribution in [1.82, 2.24) is 9.71 Å². The number of benzene rings is 1. The second-order valence-electron chi connectivity index (χ2n) is 6.47. The lowest BCUT2D eigenvalue weighted by Crippen LogP contribution is -2.29. The fourth-order valence-electron chi connectivity index (χ4n) is 2.45. The molecule has 0 aliphatic carbocycles. The molecule has 9 heteroatoms. The Kier molecular flexibility index (Phi) is 7.83. The summed E-state index contributed by atoms with van der Waals surface area (Å²) in [6, 6.07) is 6.52. The van der Waals surface area contributed by atoms with Crippen molar-refractivity contribution in [3.63, 3.8) is 0 Å². The molecule has 0 aliphatic rings. The smallest absolute Gasteiger partial charge is 0.264 e. The summed E-state index contributed by atoms with van der Waals surface area (Å²) in [5.41, 5.74) is 3.16. The molecular formula is C21H20Cl2N2O4S. The van der Waals surface area contributed by atoms with Crippen molar-refractivity contribution in [3.8, 4) is 17.0 Å². The van der Waals surface area contributed by atoms with E-state index in [1.54, 1.807) is 43.5 Å². The number of hydrogen-bond acceptors (Lipinski definition) is 5. The molecule has 0 saturated heterocycles. The van der Waals surface area contributed by atoms with E-state index in [1.807, 2.05) is 4.72 Å². The van der Waals surface area contributed by atoms with Crippen molar-refractivity contribution in [2.75, 3.05) is 12.9 Å². The number of pyridine rings is 1. The number of hydrogen-bond donors (Lipinski definition) is 1. The molecule has 0 atom stereocenters. The zero-order valence-electron chi connectivity index (χ0n) is 16.4. The summed E-state index contributed by atoms with van der Waals surface area (Å²) in [5, 5.41) is 0.691. The van der Waals surface area contributed by atoms with E-state index >= 15 is 0 Å². The predicted molar refractivity (Wildman–Crippen MR) is 120 cm³/mol. The van der Waals surface area contributed by atoms with Gasteiger partial charge in [-0.3, -0.25) is 4.79 Å². The van der Waals surface area contributed by atoms with E-state index in [1.165, 1.54) is 6.07 Å². The number of amides is 1. The van der Waals surface area contributed by atoms with Gasteiger partial charge in [0.1, 0.15) is 11.6 Å². The highest BCUT2D eigenvalue weighted by Crippen LogP contribution is 2.30. The van der Waals surface area contributed by atoms with Crippen LogP contribution in [0, 0.1) is 6.92 Å². The highest BCUT2D eigenvalue weighted by molar-refractivity contribution is 7.89. The molecule has 1 aromatic carbocycles. The van der Waals surface area contributed by atoms with Gasteiger partial charge < -0.3 is 4.74 Å². The van der Waals surface area contributed by atoms with Crippen LogP contribution in [0.5, 0.6) is 5.88 Å². The summed E-state index contributed by atoms with van der Waals surface area (Å²) in [6.45, 7) is 9.36. The summed E-state index contributed by atoms with van der Waals surface area (Å²) >= 11 is 12.0. The first kappa shape index (κ1) is 23.7. The number of sulfonamides is 1. The number of halogens is 2. The molecule has 0 saturated carbocycles. The third kappa shape index (κ3) is 7.02. The van der Waals surface area contributed by atoms with Crippen LogP contribution in [0.2, 0.25) is 5.02 Å². The van der Waals surface area contributed by atoms with E-state index in [0.29, 0.717) is 15.6 Å². The van der Waals surface area contributed by atoms with E-state index in [4.69, 9.17) is 27.9 Å². The van der Waals surface area contributed by atoms with Gasteiger partial charge in [0.2, 0.25) is 15.9 Å². The van der Waals surface area contributed by atoms with Crippen LogP contribution in [-0.2, 0) is 10.0 Å². The van der Waals surface area contributed by atoms with Crippen LogP contribution in [-0.4, -0.2) is 32.2 Å². The van der Waals surface area contributed by atoms with Gasteiger partial charge in [0, 0.05) is 22.4 Å². The Hall–Kier alpha value is -2.61. The van der Waals surface area contributed by atoms with Crippen molar-refractivity contribution in [2.45, 2.75) is 6.92 Å². The van der Waals surface area contributed by atoms with Gasteiger partial charge in [0.15, 0.2) is 0 Å². The fraction of sp³-hybridized carbons (Fsp3) is 0.143. The van der Waals surface area contributed by atoms with Gasteiger partial charge in [0.25, 0.3) is 5.91 Å². The quantitative estimate of drug-likeness (QED) is 0.572. The van der Waals surface area contributed by atoms with E-state index < -0.39 is 15.9 Å². The maximum Gasteiger partial charge on any atom is 0.264 e. The topological polar surface area (TPSA) is 85.4 Å². The highest BCUT2D eigenvalue weighted by atomic mass is 35.5. The Morgan fingerprint density at radius 1 is 1.27 bits per heavy atom. The average molecular weight is 467 g/mol. The summed E-state index contributed by atoms with van der Waals surface area (Å²) in [6.07, 6.45) is 5.80. The number of nitrogens with zero attached hydrogens (tertiary/aromatic N) is 1. The van der Waals surface area contributed by atoms with Crippen LogP contribution in [0.15, 0.2) is 66.4 Å². The van der Waals surface area contributed by atoms with Gasteiger partial charge in [-0.25, -0.2) is 18.1 Å². The first-order valence-corrected chi connectivity index (χ1v) is 11.2. The third-order valence-corrected chi connectivity index (χ3v) is 4.73. The molecule has 6 nitrogen and oxygen atoms in total. The lowest BCUT2D eigenvalue weighted by atomic mass is 9.99. The average Bonchev–Trinajstić information content (AvgIpc) is 2.63. The van der Waals surface area contributed by atoms with Gasteiger partial charge in [-0.1, -0.05) is 48.5 Å². The molecule has 1 N–H and O–H groups in total. The molecule has 1 amide bonds. The van der Waals surface area contributed by atoms with Crippen molar-refractivity contribution in [3.05, 3.63) is 82.5 Å². The summed E-state index contributed by atoms with van der Waals surface area (Å²) < 4.78 is 30.0. The summed E-state index contributed by atoms with van der Waals surface area (Å²) in [5.74, 6) is -0.444. The van der Waals surface area contributed by atoms with Crippen molar-refractivity contribution in [1.29, 1.82) is 0 Å². The number of rotatable bonds is 8. The Morgan fingerprint density at radius 3 is 2.53 bits per heavy atom. The highest BCUT2D eigenvalue weighted by Gasteiger charge is 2.14. The Morgan fingerprint density at radius 2 is 1.97 bits per heavy atom. The van der Waals surface area contributed by atoms with Crippen LogP contribution >= 0.6 is 23.2 Å². The normalized spacial score (nSPS) is 11.3. The lowest BCUT2D eigenvalue weighted by molar-refractivity contribution is 0.0981. The SMILES string of the molecule is C=C(Cl)C=CC(=C)COc1ncc(-c2ccc(C(=O)NS(C)(=O)=O)cc2C)cc1Cl. The molecule has 2 aromatic rings. The minimum Gasteiger partial charge on any atom is -0.472 e. The van der Waals surface area contributed by atoms with Gasteiger partial charge in [0.05, 0.1) is 6.26 Å². The number of aromatic nitrogens is 1. The molecule has 30 heavy (non-hydrogen) atoms. The second kappa shape index (κ2) is 9.93. The monoisotopic (exact) mass is 466 g/mol. The standard InChI is InChI=1S/C21H20Cl2N2O4S/c1-13(5-6-15(3)22)12-29-21-19(23)10-17(11-24-21)18-8-7-16(9-14(18)2)20(26)25-30(4,27)28/h5-11H,1,3,12H2,2,4H3,(H,25,26). The van der Waals surface area contributed by atoms with Crippen LogP contribution < -0.4 is 9.46 Å². The first-order valence-electron chi connectivity index (χ1n) is 8.58. The number of carbonyl (C=O) groups is 1. The van der Waals surface area contributed by atoms with Crippen LogP contribution in [0.4, 0.5) is 0 Å². The van der Waals surface area contributed by atoms with Crippen molar-refractivity contribution < 1.29 is 17.9 Å². The zero-order chi connectivity index (χ0) is 22.5. The molecule has 0 fully saturated rings. The number of nitrogens with one attached hydrogen (secondary N) is 1. The minimum absolute atomic E-state index is 0.176. The number of aryl methyl sites for hydroxylation is 1. The molecule has 1 heterocycles. The molecule has 0 spiro atoms. The Balaban J connectivity index is 2.17.